The number of anilines is 3. The van der Waals surface area contributed by atoms with E-state index in [0.717, 1.165) is 48.2 Å². The number of esters is 1. The number of carbonyl (C=O) groups is 3. The molecule has 0 unspecified atom stereocenters. The number of benzene rings is 3. The standard InChI is InChI=1S/C45H50FN7O7/c1-5-59-47-40-31-23-28(3)9-13-36(31)51(43(40)55)16-7-15-49-18-20-50(21-19-49)39-26-38-33(25-35(39)46)42(54)34(27-53(38)30-11-12-30)45(57)58-22-8-17-52-37-14-10-29(4)24-32(37)41(44(52)56)48-60-6-2/h9-10,13-14,23-27,30H,5-8,11-12,15-22H2,1-4H3/b47-40-,48-41+. The average Bonchev–Trinajstić information content (AvgIpc) is 4.01. The molecule has 1 aromatic heterocycles. The Labute approximate surface area is 347 Å². The van der Waals surface area contributed by atoms with E-state index in [9.17, 15) is 19.2 Å². The molecular formula is C45H50FN7O7. The molecule has 2 fully saturated rings. The molecule has 15 heteroatoms. The summed E-state index contributed by atoms with van der Waals surface area (Å²) in [5.74, 6) is -1.76. The van der Waals surface area contributed by atoms with Gasteiger partial charge in [0.1, 0.15) is 24.6 Å². The van der Waals surface area contributed by atoms with E-state index >= 15 is 4.39 Å². The summed E-state index contributed by atoms with van der Waals surface area (Å²) in [7, 11) is 0. The minimum Gasteiger partial charge on any atom is -0.462 e. The molecule has 1 aliphatic carbocycles. The van der Waals surface area contributed by atoms with Gasteiger partial charge in [0.15, 0.2) is 11.4 Å². The van der Waals surface area contributed by atoms with Gasteiger partial charge in [0, 0.05) is 68.0 Å². The predicted molar refractivity (Wildman–Crippen MR) is 228 cm³/mol. The highest BCUT2D eigenvalue weighted by atomic mass is 19.1. The molecule has 4 heterocycles. The molecule has 3 aromatic carbocycles. The van der Waals surface area contributed by atoms with E-state index in [1.807, 2.05) is 66.6 Å². The predicted octanol–water partition coefficient (Wildman–Crippen LogP) is 5.73. The summed E-state index contributed by atoms with van der Waals surface area (Å²) in [6, 6.07) is 14.7. The molecule has 1 saturated carbocycles. The second kappa shape index (κ2) is 17.3. The number of ether oxygens (including phenoxy) is 1. The van der Waals surface area contributed by atoms with E-state index in [4.69, 9.17) is 14.4 Å². The van der Waals surface area contributed by atoms with Crippen LogP contribution in [0.5, 0.6) is 0 Å². The smallest absolute Gasteiger partial charge is 0.343 e. The van der Waals surface area contributed by atoms with Gasteiger partial charge in [-0.2, -0.15) is 0 Å². The number of aryl methyl sites for hydroxylation is 2. The second-order valence-electron chi connectivity index (χ2n) is 15.7. The first-order valence-electron chi connectivity index (χ1n) is 20.9. The molecule has 14 nitrogen and oxygen atoms in total. The summed E-state index contributed by atoms with van der Waals surface area (Å²) >= 11 is 0. The molecule has 4 aliphatic rings. The average molecular weight is 820 g/mol. The first-order valence-corrected chi connectivity index (χ1v) is 20.9. The summed E-state index contributed by atoms with van der Waals surface area (Å²) < 4.78 is 23.5. The van der Waals surface area contributed by atoms with Crippen LogP contribution in [-0.4, -0.2) is 104 Å². The highest BCUT2D eigenvalue weighted by Gasteiger charge is 2.36. The number of aromatic nitrogens is 1. The Morgan fingerprint density at radius 2 is 1.33 bits per heavy atom. The lowest BCUT2D eigenvalue weighted by atomic mass is 10.1. The lowest BCUT2D eigenvalue weighted by molar-refractivity contribution is -0.113. The third kappa shape index (κ3) is 7.97. The van der Waals surface area contributed by atoms with Crippen molar-refractivity contribution in [2.45, 2.75) is 59.4 Å². The summed E-state index contributed by atoms with van der Waals surface area (Å²) in [6.45, 7) is 12.4. The van der Waals surface area contributed by atoms with Crippen LogP contribution in [0.25, 0.3) is 10.9 Å². The van der Waals surface area contributed by atoms with Crippen molar-refractivity contribution in [2.24, 2.45) is 10.3 Å². The number of carbonyl (C=O) groups excluding carboxylic acids is 3. The fourth-order valence-electron chi connectivity index (χ4n) is 8.26. The number of fused-ring (bicyclic) bond motifs is 3. The molecule has 0 atom stereocenters. The molecule has 0 bridgehead atoms. The molecule has 8 rings (SSSR count). The Morgan fingerprint density at radius 1 is 0.750 bits per heavy atom. The lowest BCUT2D eigenvalue weighted by Crippen LogP contribution is -2.47. The minimum atomic E-state index is -0.785. The molecular weight excluding hydrogens is 770 g/mol. The van der Waals surface area contributed by atoms with Gasteiger partial charge >= 0.3 is 5.97 Å². The number of amides is 2. The van der Waals surface area contributed by atoms with Gasteiger partial charge in [0.25, 0.3) is 11.8 Å². The summed E-state index contributed by atoms with van der Waals surface area (Å²) in [5, 5.41) is 8.30. The van der Waals surface area contributed by atoms with Gasteiger partial charge in [-0.05, 0) is 96.3 Å². The fourth-order valence-corrected chi connectivity index (χ4v) is 8.26. The van der Waals surface area contributed by atoms with Gasteiger partial charge in [-0.25, -0.2) is 9.18 Å². The molecule has 314 valence electrons. The Balaban J connectivity index is 0.892. The van der Waals surface area contributed by atoms with Crippen molar-refractivity contribution in [3.63, 3.8) is 0 Å². The molecule has 4 aromatic rings. The van der Waals surface area contributed by atoms with Crippen molar-refractivity contribution < 1.29 is 33.2 Å². The third-order valence-corrected chi connectivity index (χ3v) is 11.5. The van der Waals surface area contributed by atoms with E-state index in [2.05, 4.69) is 15.2 Å². The topological polar surface area (TPSA) is 139 Å². The lowest BCUT2D eigenvalue weighted by Gasteiger charge is -2.36. The number of hydrogen-bond donors (Lipinski definition) is 0. The van der Waals surface area contributed by atoms with Gasteiger partial charge in [-0.1, -0.05) is 33.6 Å². The first-order chi connectivity index (χ1) is 29.1. The number of halogens is 1. The number of hydrogen-bond acceptors (Lipinski definition) is 11. The van der Waals surface area contributed by atoms with Gasteiger partial charge in [-0.3, -0.25) is 19.3 Å². The van der Waals surface area contributed by atoms with Crippen molar-refractivity contribution in [1.82, 2.24) is 9.47 Å². The molecule has 0 radical (unpaired) electrons. The molecule has 0 N–H and O–H groups in total. The van der Waals surface area contributed by atoms with Crippen LogP contribution in [-0.2, 0) is 24.0 Å². The van der Waals surface area contributed by atoms with Gasteiger partial charge in [0.2, 0.25) is 5.43 Å². The maximum absolute atomic E-state index is 16.0. The molecule has 3 aliphatic heterocycles. The Hall–Kier alpha value is -6.09. The molecule has 2 amide bonds. The van der Waals surface area contributed by atoms with Crippen molar-refractivity contribution in [2.75, 3.05) is 80.3 Å². The minimum absolute atomic E-state index is 0.0315. The van der Waals surface area contributed by atoms with Gasteiger partial charge < -0.3 is 33.7 Å². The van der Waals surface area contributed by atoms with Crippen LogP contribution in [0.15, 0.2) is 69.8 Å². The van der Waals surface area contributed by atoms with Crippen LogP contribution in [0.1, 0.15) is 78.2 Å². The molecule has 60 heavy (non-hydrogen) atoms. The maximum atomic E-state index is 16.0. The van der Waals surface area contributed by atoms with E-state index in [-0.39, 0.29) is 47.7 Å². The second-order valence-corrected chi connectivity index (χ2v) is 15.7. The fraction of sp³-hybridized carbons (Fsp3) is 0.422. The number of oxime groups is 2. The van der Waals surface area contributed by atoms with Crippen LogP contribution in [0.3, 0.4) is 0 Å². The maximum Gasteiger partial charge on any atom is 0.343 e. The molecule has 1 saturated heterocycles. The van der Waals surface area contributed by atoms with E-state index in [1.165, 1.54) is 6.07 Å². The Bertz CT molecular complexity index is 2470. The summed E-state index contributed by atoms with van der Waals surface area (Å²) in [4.78, 5) is 71.8. The van der Waals surface area contributed by atoms with Crippen molar-refractivity contribution in [3.8, 4) is 0 Å². The van der Waals surface area contributed by atoms with Crippen LogP contribution < -0.4 is 20.1 Å². The van der Waals surface area contributed by atoms with Crippen molar-refractivity contribution >= 4 is 57.2 Å². The first kappa shape index (κ1) is 40.7. The van der Waals surface area contributed by atoms with Crippen LogP contribution in [0, 0.1) is 19.7 Å². The highest BCUT2D eigenvalue weighted by Crippen LogP contribution is 2.39. The van der Waals surface area contributed by atoms with Gasteiger partial charge in [-0.15, -0.1) is 0 Å². The van der Waals surface area contributed by atoms with Crippen LogP contribution in [0.2, 0.25) is 0 Å². The van der Waals surface area contributed by atoms with Crippen LogP contribution in [0.4, 0.5) is 21.5 Å². The van der Waals surface area contributed by atoms with E-state index in [0.29, 0.717) is 80.5 Å². The number of rotatable bonds is 15. The third-order valence-electron chi connectivity index (χ3n) is 11.5. The SMILES string of the molecule is CCO/N=C1\C(=O)N(CCCN2CCN(c3cc4c(cc3F)c(=O)c(C(=O)OCCCN3C(=O)/C(=N/OCC)c5cc(C)ccc53)cn4C3CC3)CC2)c2ccc(C)cc21. The Morgan fingerprint density at radius 3 is 1.90 bits per heavy atom. The largest absolute Gasteiger partial charge is 0.462 e. The Kier molecular flexibility index (Phi) is 11.7. The van der Waals surface area contributed by atoms with Gasteiger partial charge in [0.05, 0.1) is 29.2 Å². The van der Waals surface area contributed by atoms with E-state index in [1.54, 1.807) is 29.0 Å². The van der Waals surface area contributed by atoms with Crippen molar-refractivity contribution in [3.05, 3.63) is 98.6 Å². The highest BCUT2D eigenvalue weighted by molar-refractivity contribution is 6.55. The zero-order valence-electron chi connectivity index (χ0n) is 34.5. The van der Waals surface area contributed by atoms with Crippen molar-refractivity contribution in [1.29, 1.82) is 0 Å². The zero-order chi connectivity index (χ0) is 42.1. The number of pyridine rings is 1. The quantitative estimate of drug-likeness (QED) is 0.0837. The van der Waals surface area contributed by atoms with Crippen LogP contribution >= 0.6 is 0 Å². The number of piperazine rings is 1. The van der Waals surface area contributed by atoms with E-state index < -0.39 is 17.2 Å². The zero-order valence-corrected chi connectivity index (χ0v) is 34.5. The molecule has 0 spiro atoms. The summed E-state index contributed by atoms with van der Waals surface area (Å²) in [6.07, 6.45) is 4.39. The normalized spacial score (nSPS) is 17.9. The summed E-state index contributed by atoms with van der Waals surface area (Å²) in [5.41, 5.74) is 5.89. The monoisotopic (exact) mass is 819 g/mol. The number of nitrogens with zero attached hydrogens (tertiary/aromatic N) is 7.